The lowest BCUT2D eigenvalue weighted by atomic mass is 9.89. The zero-order chi connectivity index (χ0) is 27.8. The second-order valence-electron chi connectivity index (χ2n) is 9.17. The van der Waals surface area contributed by atoms with Crippen LogP contribution in [0.2, 0.25) is 0 Å². The fourth-order valence-corrected chi connectivity index (χ4v) is 4.16. The van der Waals surface area contributed by atoms with Crippen LogP contribution in [0.1, 0.15) is 33.7 Å². The molecule has 1 atom stereocenters. The number of nitrogens with two attached hydrogens (primary N) is 1. The van der Waals surface area contributed by atoms with Gasteiger partial charge in [-0.15, -0.1) is 0 Å². The third kappa shape index (κ3) is 7.33. The van der Waals surface area contributed by atoms with Gasteiger partial charge in [0, 0.05) is 19.2 Å². The number of pyridine rings is 1. The van der Waals surface area contributed by atoms with Gasteiger partial charge in [-0.3, -0.25) is 9.59 Å². The number of hydrogen-bond acceptors (Lipinski definition) is 7. The van der Waals surface area contributed by atoms with E-state index in [4.69, 9.17) is 5.73 Å². The maximum absolute atomic E-state index is 13.7. The molecule has 7 N–H and O–H groups in total. The molecule has 1 heterocycles. The first-order valence-corrected chi connectivity index (χ1v) is 12.4. The molecule has 0 aliphatic carbocycles. The number of rotatable bonds is 10. The van der Waals surface area contributed by atoms with Gasteiger partial charge in [0.15, 0.2) is 0 Å². The summed E-state index contributed by atoms with van der Waals surface area (Å²) in [6, 6.07) is 22.1. The summed E-state index contributed by atoms with van der Waals surface area (Å²) in [5.41, 5.74) is 9.23. The van der Waals surface area contributed by atoms with E-state index in [1.807, 2.05) is 12.1 Å². The van der Waals surface area contributed by atoms with Crippen LogP contribution in [-0.4, -0.2) is 38.2 Å². The quantitative estimate of drug-likeness (QED) is 0.185. The number of carbonyl (C=O) groups is 2. The molecule has 9 nitrogen and oxygen atoms in total. The number of phenolic OH excluding ortho intramolecular Hbond substituents is 2. The normalized spacial score (nSPS) is 11.6. The molecule has 2 amide bonds. The first-order chi connectivity index (χ1) is 18.8. The number of aliphatic hydroxyl groups is 1. The summed E-state index contributed by atoms with van der Waals surface area (Å²) in [6.07, 6.45) is 1.74. The van der Waals surface area contributed by atoms with Crippen molar-refractivity contribution < 1.29 is 24.9 Å². The van der Waals surface area contributed by atoms with Gasteiger partial charge in [-0.2, -0.15) is 0 Å². The van der Waals surface area contributed by atoms with Gasteiger partial charge in [-0.25, -0.2) is 4.98 Å². The van der Waals surface area contributed by atoms with Gasteiger partial charge in [-0.05, 0) is 58.1 Å². The van der Waals surface area contributed by atoms with Crippen LogP contribution in [0, 0.1) is 0 Å². The van der Waals surface area contributed by atoms with Gasteiger partial charge in [0.1, 0.15) is 23.4 Å². The zero-order valence-corrected chi connectivity index (χ0v) is 21.1. The van der Waals surface area contributed by atoms with Crippen LogP contribution in [0.25, 0.3) is 0 Å². The molecule has 9 heteroatoms. The molecule has 1 unspecified atom stereocenters. The molecule has 0 spiro atoms. The number of anilines is 1. The van der Waals surface area contributed by atoms with Gasteiger partial charge in [0.05, 0.1) is 12.5 Å². The first kappa shape index (κ1) is 27.2. The molecule has 0 fully saturated rings. The Balaban J connectivity index is 1.58. The van der Waals surface area contributed by atoms with Crippen molar-refractivity contribution in [2.24, 2.45) is 0 Å². The van der Waals surface area contributed by atoms with Crippen molar-refractivity contribution in [1.29, 1.82) is 0 Å². The molecule has 200 valence electrons. The summed E-state index contributed by atoms with van der Waals surface area (Å²) < 4.78 is 0. The summed E-state index contributed by atoms with van der Waals surface area (Å²) in [5.74, 6) is -1.16. The number of nitrogen functional groups attached to an aromatic ring is 1. The number of amides is 2. The summed E-state index contributed by atoms with van der Waals surface area (Å²) in [6.45, 7) is 0.163. The minimum Gasteiger partial charge on any atom is -0.508 e. The van der Waals surface area contributed by atoms with E-state index in [-0.39, 0.29) is 37.0 Å². The average molecular weight is 527 g/mol. The highest BCUT2D eigenvalue weighted by Crippen LogP contribution is 2.28. The maximum Gasteiger partial charge on any atom is 0.243 e. The standard InChI is InChI=1S/C30H30N4O5/c31-27-14-5-21(17-32-27)15-26(29(38)33-16-19-1-3-20(18-35)4-2-19)34-30(39)28(22-6-10-24(36)11-7-22)23-8-12-25(37)13-9-23/h1-14,17,26,28,35-37H,15-16,18H2,(H2,31,32)(H,33,38)(H,34,39). The molecule has 4 aromatic rings. The SMILES string of the molecule is Nc1ccc(CC(NC(=O)C(c2ccc(O)cc2)c2ccc(O)cc2)C(=O)NCc2ccc(CO)cc2)cn1. The molecule has 0 aliphatic rings. The highest BCUT2D eigenvalue weighted by atomic mass is 16.3. The van der Waals surface area contributed by atoms with Crippen molar-refractivity contribution in [2.45, 2.75) is 31.5 Å². The van der Waals surface area contributed by atoms with E-state index in [0.717, 1.165) is 11.1 Å². The van der Waals surface area contributed by atoms with Crippen molar-refractivity contribution in [3.8, 4) is 11.5 Å². The van der Waals surface area contributed by atoms with E-state index in [1.165, 1.54) is 24.3 Å². The number of hydrogen-bond donors (Lipinski definition) is 6. The molecular formula is C30H30N4O5. The molecule has 1 aromatic heterocycles. The molecular weight excluding hydrogens is 496 g/mol. The van der Waals surface area contributed by atoms with Gasteiger partial charge in [0.2, 0.25) is 11.8 Å². The summed E-state index contributed by atoms with van der Waals surface area (Å²) >= 11 is 0. The summed E-state index contributed by atoms with van der Waals surface area (Å²) in [4.78, 5) is 31.2. The van der Waals surface area contributed by atoms with Crippen LogP contribution in [-0.2, 0) is 29.2 Å². The third-order valence-electron chi connectivity index (χ3n) is 6.31. The Kier molecular flexibility index (Phi) is 8.75. The largest absolute Gasteiger partial charge is 0.508 e. The molecule has 39 heavy (non-hydrogen) atoms. The van der Waals surface area contributed by atoms with Crippen molar-refractivity contribution >= 4 is 17.6 Å². The molecule has 0 bridgehead atoms. The topological polar surface area (TPSA) is 158 Å². The second kappa shape index (κ2) is 12.6. The number of nitrogens with zero attached hydrogens (tertiary/aromatic N) is 1. The Morgan fingerprint density at radius 2 is 1.28 bits per heavy atom. The van der Waals surface area contributed by atoms with E-state index >= 15 is 0 Å². The maximum atomic E-state index is 13.7. The van der Waals surface area contributed by atoms with E-state index in [2.05, 4.69) is 15.6 Å². The van der Waals surface area contributed by atoms with E-state index in [1.54, 1.807) is 54.7 Å². The molecule has 0 saturated carbocycles. The number of phenols is 2. The fraction of sp³-hybridized carbons (Fsp3) is 0.167. The van der Waals surface area contributed by atoms with Crippen LogP contribution >= 0.6 is 0 Å². The van der Waals surface area contributed by atoms with Crippen molar-refractivity contribution in [2.75, 3.05) is 5.73 Å². The van der Waals surface area contributed by atoms with Crippen LogP contribution < -0.4 is 16.4 Å². The van der Waals surface area contributed by atoms with Crippen LogP contribution in [0.15, 0.2) is 91.1 Å². The fourth-order valence-electron chi connectivity index (χ4n) is 4.16. The molecule has 0 radical (unpaired) electrons. The summed E-state index contributed by atoms with van der Waals surface area (Å²) in [5, 5.41) is 34.5. The minimum atomic E-state index is -0.934. The molecule has 4 rings (SSSR count). The number of benzene rings is 3. The molecule has 0 aliphatic heterocycles. The van der Waals surface area contributed by atoms with Crippen LogP contribution in [0.5, 0.6) is 11.5 Å². The smallest absolute Gasteiger partial charge is 0.243 e. The van der Waals surface area contributed by atoms with E-state index in [9.17, 15) is 24.9 Å². The predicted molar refractivity (Wildman–Crippen MR) is 147 cm³/mol. The van der Waals surface area contributed by atoms with Crippen molar-refractivity contribution in [3.63, 3.8) is 0 Å². The Morgan fingerprint density at radius 1 is 0.744 bits per heavy atom. The number of nitrogens with one attached hydrogen (secondary N) is 2. The number of aliphatic hydroxyl groups excluding tert-OH is 1. The molecule has 3 aromatic carbocycles. The average Bonchev–Trinajstić information content (AvgIpc) is 2.95. The highest BCUT2D eigenvalue weighted by molar-refractivity contribution is 5.92. The Labute approximate surface area is 226 Å². The Morgan fingerprint density at radius 3 is 1.79 bits per heavy atom. The minimum absolute atomic E-state index is 0.0590. The van der Waals surface area contributed by atoms with Gasteiger partial charge < -0.3 is 31.7 Å². The van der Waals surface area contributed by atoms with Gasteiger partial charge >= 0.3 is 0 Å². The number of carbonyl (C=O) groups excluding carboxylic acids is 2. The van der Waals surface area contributed by atoms with Crippen LogP contribution in [0.4, 0.5) is 5.82 Å². The van der Waals surface area contributed by atoms with Crippen molar-refractivity contribution in [3.05, 3.63) is 119 Å². The lowest BCUT2D eigenvalue weighted by molar-refractivity contribution is -0.129. The Hall–Kier alpha value is -4.89. The second-order valence-corrected chi connectivity index (χ2v) is 9.17. The van der Waals surface area contributed by atoms with Crippen molar-refractivity contribution in [1.82, 2.24) is 15.6 Å². The van der Waals surface area contributed by atoms with Crippen LogP contribution in [0.3, 0.4) is 0 Å². The molecule has 0 saturated heterocycles. The third-order valence-corrected chi connectivity index (χ3v) is 6.31. The van der Waals surface area contributed by atoms with Gasteiger partial charge in [0.25, 0.3) is 0 Å². The highest BCUT2D eigenvalue weighted by Gasteiger charge is 2.28. The Bertz CT molecular complexity index is 1340. The monoisotopic (exact) mass is 526 g/mol. The van der Waals surface area contributed by atoms with Gasteiger partial charge in [-0.1, -0.05) is 54.6 Å². The van der Waals surface area contributed by atoms with E-state index in [0.29, 0.717) is 22.5 Å². The number of aromatic nitrogens is 1. The zero-order valence-electron chi connectivity index (χ0n) is 21.1. The summed E-state index contributed by atoms with van der Waals surface area (Å²) in [7, 11) is 0. The predicted octanol–water partition coefficient (Wildman–Crippen LogP) is 2.74. The lowest BCUT2D eigenvalue weighted by Crippen LogP contribution is -2.49. The number of aromatic hydroxyl groups is 2. The first-order valence-electron chi connectivity index (χ1n) is 12.4. The van der Waals surface area contributed by atoms with E-state index < -0.39 is 17.9 Å². The lowest BCUT2D eigenvalue weighted by Gasteiger charge is -2.23.